The molecule has 0 aromatic heterocycles. The van der Waals surface area contributed by atoms with E-state index in [1.165, 1.54) is 18.4 Å². The van der Waals surface area contributed by atoms with Crippen LogP contribution in [0.2, 0.25) is 0 Å². The molecule has 3 amide bonds. The van der Waals surface area contributed by atoms with Gasteiger partial charge in [-0.05, 0) is 32.1 Å². The summed E-state index contributed by atoms with van der Waals surface area (Å²) in [6, 6.07) is -1.89. The lowest BCUT2D eigenvalue weighted by Crippen LogP contribution is -2.47. The van der Waals surface area contributed by atoms with Crippen LogP contribution in [0.5, 0.6) is 0 Å². The highest BCUT2D eigenvalue weighted by Gasteiger charge is 2.21. The Hall–Kier alpha value is -2.05. The predicted molar refractivity (Wildman–Crippen MR) is 72.9 cm³/mol. The molecule has 112 valence electrons. The van der Waals surface area contributed by atoms with Gasteiger partial charge in [-0.2, -0.15) is 0 Å². The zero-order valence-corrected chi connectivity index (χ0v) is 11.4. The molecule has 0 aromatic carbocycles. The quantitative estimate of drug-likeness (QED) is 0.508. The van der Waals surface area contributed by atoms with Crippen molar-refractivity contribution in [3.8, 4) is 0 Å². The number of carbonyl (C=O) groups excluding carboxylic acids is 2. The molecule has 0 bridgehead atoms. The number of rotatable bonds is 7. The molecule has 1 rings (SSSR count). The number of urea groups is 1. The normalized spacial score (nSPS) is 15.9. The Morgan fingerprint density at radius 2 is 2.10 bits per heavy atom. The van der Waals surface area contributed by atoms with Gasteiger partial charge in [0.15, 0.2) is 0 Å². The van der Waals surface area contributed by atoms with Crippen molar-refractivity contribution in [3.05, 3.63) is 11.6 Å². The van der Waals surface area contributed by atoms with E-state index < -0.39 is 30.4 Å². The van der Waals surface area contributed by atoms with Crippen LogP contribution < -0.4 is 16.4 Å². The average Bonchev–Trinajstić information content (AvgIpc) is 2.38. The molecule has 0 saturated heterocycles. The van der Waals surface area contributed by atoms with Gasteiger partial charge in [0, 0.05) is 6.54 Å². The lowest BCUT2D eigenvalue weighted by Gasteiger charge is -2.15. The van der Waals surface area contributed by atoms with Gasteiger partial charge in [0.25, 0.3) is 0 Å². The second kappa shape index (κ2) is 8.19. The molecule has 7 nitrogen and oxygen atoms in total. The summed E-state index contributed by atoms with van der Waals surface area (Å²) < 4.78 is 0. The number of carboxylic acids is 1. The summed E-state index contributed by atoms with van der Waals surface area (Å²) in [5.41, 5.74) is 6.25. The van der Waals surface area contributed by atoms with Gasteiger partial charge in [0.1, 0.15) is 6.04 Å². The first-order chi connectivity index (χ1) is 9.49. The molecule has 0 radical (unpaired) electrons. The number of primary amides is 1. The summed E-state index contributed by atoms with van der Waals surface area (Å²) in [5, 5.41) is 13.6. The summed E-state index contributed by atoms with van der Waals surface area (Å²) in [5.74, 6) is -2.06. The van der Waals surface area contributed by atoms with Gasteiger partial charge in [-0.15, -0.1) is 0 Å². The van der Waals surface area contributed by atoms with Gasteiger partial charge in [-0.3, -0.25) is 4.79 Å². The number of nitrogens with one attached hydrogen (secondary N) is 2. The minimum atomic E-state index is -1.29. The van der Waals surface area contributed by atoms with Gasteiger partial charge < -0.3 is 21.5 Å². The first kappa shape index (κ1) is 16.0. The van der Waals surface area contributed by atoms with E-state index in [0.717, 1.165) is 19.3 Å². The topological polar surface area (TPSA) is 122 Å². The van der Waals surface area contributed by atoms with E-state index >= 15 is 0 Å². The van der Waals surface area contributed by atoms with Crippen LogP contribution >= 0.6 is 0 Å². The fourth-order valence-corrected chi connectivity index (χ4v) is 2.08. The fourth-order valence-electron chi connectivity index (χ4n) is 2.08. The summed E-state index contributed by atoms with van der Waals surface area (Å²) in [7, 11) is 0. The molecule has 0 fully saturated rings. The van der Waals surface area contributed by atoms with E-state index in [4.69, 9.17) is 10.8 Å². The third-order valence-corrected chi connectivity index (χ3v) is 3.13. The average molecular weight is 283 g/mol. The van der Waals surface area contributed by atoms with Crippen molar-refractivity contribution >= 4 is 17.9 Å². The Morgan fingerprint density at radius 3 is 2.65 bits per heavy atom. The molecule has 1 aliphatic carbocycles. The van der Waals surface area contributed by atoms with Gasteiger partial charge in [-0.25, -0.2) is 9.59 Å². The smallest absolute Gasteiger partial charge is 0.326 e. The number of carboxylic acid groups (broad SMARTS) is 1. The minimum Gasteiger partial charge on any atom is -0.480 e. The third-order valence-electron chi connectivity index (χ3n) is 3.13. The Labute approximate surface area is 117 Å². The van der Waals surface area contributed by atoms with E-state index in [2.05, 4.69) is 16.7 Å². The number of carbonyl (C=O) groups is 3. The van der Waals surface area contributed by atoms with Crippen molar-refractivity contribution in [2.75, 3.05) is 6.54 Å². The highest BCUT2D eigenvalue weighted by atomic mass is 16.4. The Morgan fingerprint density at radius 1 is 1.35 bits per heavy atom. The maximum atomic E-state index is 11.5. The van der Waals surface area contributed by atoms with Gasteiger partial charge >= 0.3 is 12.0 Å². The van der Waals surface area contributed by atoms with Crippen molar-refractivity contribution in [2.45, 2.75) is 44.6 Å². The summed E-state index contributed by atoms with van der Waals surface area (Å²) in [4.78, 5) is 33.1. The molecule has 1 aliphatic rings. The molecule has 0 aliphatic heterocycles. The molecule has 7 heteroatoms. The molecular formula is C13H21N3O4. The first-order valence-corrected chi connectivity index (χ1v) is 6.72. The Balaban J connectivity index is 2.28. The summed E-state index contributed by atoms with van der Waals surface area (Å²) >= 11 is 0. The second-order valence-corrected chi connectivity index (χ2v) is 4.82. The van der Waals surface area contributed by atoms with Crippen molar-refractivity contribution in [1.82, 2.24) is 10.6 Å². The number of aliphatic carboxylic acids is 1. The predicted octanol–water partition coefficient (Wildman–Crippen LogP) is 0.505. The lowest BCUT2D eigenvalue weighted by molar-refractivity contribution is -0.140. The van der Waals surface area contributed by atoms with Gasteiger partial charge in [0.05, 0.1) is 6.42 Å². The summed E-state index contributed by atoms with van der Waals surface area (Å²) in [6.45, 7) is 0.445. The first-order valence-electron chi connectivity index (χ1n) is 6.72. The van der Waals surface area contributed by atoms with Crippen LogP contribution in [0.3, 0.4) is 0 Å². The maximum absolute atomic E-state index is 11.5. The third kappa shape index (κ3) is 6.21. The van der Waals surface area contributed by atoms with Crippen LogP contribution in [0.1, 0.15) is 38.5 Å². The van der Waals surface area contributed by atoms with Crippen LogP contribution in [0.15, 0.2) is 11.6 Å². The lowest BCUT2D eigenvalue weighted by atomic mass is 9.97. The number of hydrogen-bond donors (Lipinski definition) is 4. The van der Waals surface area contributed by atoms with E-state index in [9.17, 15) is 14.4 Å². The maximum Gasteiger partial charge on any atom is 0.326 e. The van der Waals surface area contributed by atoms with Gasteiger partial charge in [0.2, 0.25) is 5.91 Å². The van der Waals surface area contributed by atoms with Crippen LogP contribution in [0, 0.1) is 0 Å². The Bertz CT molecular complexity index is 406. The summed E-state index contributed by atoms with van der Waals surface area (Å²) in [6.07, 6.45) is 7.07. The largest absolute Gasteiger partial charge is 0.480 e. The van der Waals surface area contributed by atoms with Crippen LogP contribution in [-0.4, -0.2) is 35.6 Å². The molecule has 0 aromatic rings. The van der Waals surface area contributed by atoms with E-state index in [1.807, 2.05) is 0 Å². The molecule has 0 spiro atoms. The van der Waals surface area contributed by atoms with E-state index in [-0.39, 0.29) is 0 Å². The zero-order chi connectivity index (χ0) is 15.0. The molecule has 0 saturated carbocycles. The molecule has 1 atom stereocenters. The van der Waals surface area contributed by atoms with Gasteiger partial charge in [-0.1, -0.05) is 11.6 Å². The minimum absolute atomic E-state index is 0.423. The molecule has 20 heavy (non-hydrogen) atoms. The van der Waals surface area contributed by atoms with Crippen LogP contribution in [-0.2, 0) is 9.59 Å². The van der Waals surface area contributed by atoms with Crippen molar-refractivity contribution < 1.29 is 19.5 Å². The monoisotopic (exact) mass is 283 g/mol. The number of amides is 3. The SMILES string of the molecule is NC(=O)CC(NC(=O)NCCC1=CCCCC1)C(=O)O. The Kier molecular flexibility index (Phi) is 6.55. The van der Waals surface area contributed by atoms with Crippen LogP contribution in [0.25, 0.3) is 0 Å². The fraction of sp³-hybridized carbons (Fsp3) is 0.615. The highest BCUT2D eigenvalue weighted by molar-refractivity contribution is 5.87. The van der Waals surface area contributed by atoms with Crippen molar-refractivity contribution in [3.63, 3.8) is 0 Å². The number of hydrogen-bond acceptors (Lipinski definition) is 3. The number of allylic oxidation sites excluding steroid dienone is 1. The highest BCUT2D eigenvalue weighted by Crippen LogP contribution is 2.19. The van der Waals surface area contributed by atoms with Crippen molar-refractivity contribution in [1.29, 1.82) is 0 Å². The molecule has 0 heterocycles. The second-order valence-electron chi connectivity index (χ2n) is 4.82. The molecule has 1 unspecified atom stereocenters. The van der Waals surface area contributed by atoms with Crippen molar-refractivity contribution in [2.24, 2.45) is 5.73 Å². The van der Waals surface area contributed by atoms with E-state index in [0.29, 0.717) is 6.54 Å². The molecule has 5 N–H and O–H groups in total. The molecular weight excluding hydrogens is 262 g/mol. The standard InChI is InChI=1S/C13H21N3O4/c14-11(17)8-10(12(18)19)16-13(20)15-7-6-9-4-2-1-3-5-9/h4,10H,1-3,5-8H2,(H2,14,17)(H,18,19)(H2,15,16,20). The number of nitrogens with two attached hydrogens (primary N) is 1. The zero-order valence-electron chi connectivity index (χ0n) is 11.4. The van der Waals surface area contributed by atoms with E-state index in [1.54, 1.807) is 0 Å². The van der Waals surface area contributed by atoms with Crippen LogP contribution in [0.4, 0.5) is 4.79 Å².